The van der Waals surface area contributed by atoms with Gasteiger partial charge in [-0.05, 0) is 49.1 Å². The number of aromatic nitrogens is 1. The molecule has 0 bridgehead atoms. The molecule has 0 spiro atoms. The highest BCUT2D eigenvalue weighted by Crippen LogP contribution is 2.56. The molecule has 1 saturated carbocycles. The highest BCUT2D eigenvalue weighted by molar-refractivity contribution is 5.96. The maximum absolute atomic E-state index is 13.7. The number of hydrogen-bond acceptors (Lipinski definition) is 6. The summed E-state index contributed by atoms with van der Waals surface area (Å²) in [6.45, 7) is 0.321. The van der Waals surface area contributed by atoms with E-state index in [0.717, 1.165) is 33.3 Å². The number of benzene rings is 3. The van der Waals surface area contributed by atoms with Gasteiger partial charge in [-0.3, -0.25) is 19.6 Å². The van der Waals surface area contributed by atoms with Gasteiger partial charge in [0.05, 0.1) is 22.5 Å². The molecule has 3 amide bonds. The summed E-state index contributed by atoms with van der Waals surface area (Å²) in [4.78, 5) is 43.6. The number of carbonyl (C=O) groups is 3. The van der Waals surface area contributed by atoms with Crippen molar-refractivity contribution in [2.75, 3.05) is 13.1 Å². The lowest BCUT2D eigenvalue weighted by atomic mass is 9.92. The number of amides is 3. The molecule has 9 nitrogen and oxygen atoms in total. The van der Waals surface area contributed by atoms with E-state index >= 15 is 0 Å². The normalized spacial score (nSPS) is 20.7. The Hall–Kier alpha value is -4.97. The summed E-state index contributed by atoms with van der Waals surface area (Å²) in [6, 6.07) is 26.0. The van der Waals surface area contributed by atoms with Crippen molar-refractivity contribution in [3.05, 3.63) is 96.1 Å². The summed E-state index contributed by atoms with van der Waals surface area (Å²) >= 11 is 0. The second-order valence-corrected chi connectivity index (χ2v) is 11.8. The number of likely N-dealkylation sites (tertiary alicyclic amines) is 1. The van der Waals surface area contributed by atoms with Crippen LogP contribution in [0.1, 0.15) is 24.0 Å². The van der Waals surface area contributed by atoms with Crippen LogP contribution in [0.2, 0.25) is 0 Å². The molecule has 1 aromatic heterocycles. The average molecular weight is 633 g/mol. The highest BCUT2D eigenvalue weighted by atomic mass is 19.4. The number of hydrogen-bond donors (Lipinski definition) is 3. The van der Waals surface area contributed by atoms with E-state index in [0.29, 0.717) is 5.75 Å². The van der Waals surface area contributed by atoms with Gasteiger partial charge >= 0.3 is 12.1 Å². The Morgan fingerprint density at radius 2 is 1.72 bits per heavy atom. The quantitative estimate of drug-likeness (QED) is 0.180. The Morgan fingerprint density at radius 3 is 2.43 bits per heavy atom. The standard InChI is InChI=1S/C34H31F3N4O5/c35-34(36,37)31(43)38-24-14-15-41(19-24)32(44)33(18-27(33)30(42)40-45)17-21-10-12-25(13-11-21)46-20-23-16-29(22-6-2-1-3-7-22)39-28-9-5-4-8-26(23)28/h1-13,16,24,27,45H,14-15,17-20H2,(H,38,43)(H,40,42). The third kappa shape index (κ3) is 6.38. The molecule has 46 heavy (non-hydrogen) atoms. The molecule has 1 aliphatic heterocycles. The lowest BCUT2D eigenvalue weighted by Gasteiger charge is -2.25. The van der Waals surface area contributed by atoms with Gasteiger partial charge in [0, 0.05) is 35.6 Å². The fourth-order valence-electron chi connectivity index (χ4n) is 6.23. The lowest BCUT2D eigenvalue weighted by molar-refractivity contribution is -0.174. The van der Waals surface area contributed by atoms with Gasteiger partial charge in [-0.2, -0.15) is 13.2 Å². The summed E-state index contributed by atoms with van der Waals surface area (Å²) in [5, 5.41) is 12.1. The van der Waals surface area contributed by atoms with Crippen LogP contribution in [0.3, 0.4) is 0 Å². The van der Waals surface area contributed by atoms with Crippen LogP contribution in [0, 0.1) is 11.3 Å². The smallest absolute Gasteiger partial charge is 0.471 e. The third-order valence-electron chi connectivity index (χ3n) is 8.70. The maximum Gasteiger partial charge on any atom is 0.471 e. The molecular weight excluding hydrogens is 601 g/mol. The summed E-state index contributed by atoms with van der Waals surface area (Å²) in [6.07, 6.45) is -4.51. The van der Waals surface area contributed by atoms with E-state index in [9.17, 15) is 32.8 Å². The number of rotatable bonds is 9. The number of fused-ring (bicyclic) bond motifs is 1. The van der Waals surface area contributed by atoms with Crippen LogP contribution < -0.4 is 15.5 Å². The number of hydroxylamine groups is 1. The SMILES string of the molecule is O=C(NO)C1CC1(Cc1ccc(OCc2cc(-c3ccccc3)nc3ccccc23)cc1)C(=O)N1CCC(NC(=O)C(F)(F)F)C1. The summed E-state index contributed by atoms with van der Waals surface area (Å²) in [7, 11) is 0. The topological polar surface area (TPSA) is 121 Å². The first-order chi connectivity index (χ1) is 22.1. The molecule has 2 fully saturated rings. The average Bonchev–Trinajstić information content (AvgIpc) is 3.61. The molecule has 3 aromatic carbocycles. The molecule has 12 heteroatoms. The number of nitrogens with one attached hydrogen (secondary N) is 2. The van der Waals surface area contributed by atoms with Gasteiger partial charge in [0.15, 0.2) is 0 Å². The molecule has 238 valence electrons. The van der Waals surface area contributed by atoms with Crippen molar-refractivity contribution in [2.45, 2.75) is 38.1 Å². The first-order valence-electron chi connectivity index (χ1n) is 14.8. The first-order valence-corrected chi connectivity index (χ1v) is 14.8. The van der Waals surface area contributed by atoms with E-state index in [1.54, 1.807) is 29.7 Å². The van der Waals surface area contributed by atoms with Crippen LogP contribution in [0.5, 0.6) is 5.75 Å². The van der Waals surface area contributed by atoms with Gasteiger partial charge < -0.3 is 15.0 Å². The van der Waals surface area contributed by atoms with Crippen LogP contribution in [0.25, 0.3) is 22.2 Å². The number of halogens is 3. The first kappa shape index (κ1) is 31.0. The van der Waals surface area contributed by atoms with Gasteiger partial charge in [0.1, 0.15) is 12.4 Å². The molecule has 4 aromatic rings. The molecular formula is C34H31F3N4O5. The number of para-hydroxylation sites is 1. The Kier molecular flexibility index (Phi) is 8.39. The van der Waals surface area contributed by atoms with E-state index in [1.165, 1.54) is 4.90 Å². The minimum absolute atomic E-state index is 0.0989. The van der Waals surface area contributed by atoms with Crippen LogP contribution in [-0.4, -0.2) is 58.1 Å². The largest absolute Gasteiger partial charge is 0.489 e. The zero-order valence-electron chi connectivity index (χ0n) is 24.6. The van der Waals surface area contributed by atoms with Gasteiger partial charge in [-0.25, -0.2) is 10.5 Å². The van der Waals surface area contributed by atoms with E-state index in [-0.39, 0.29) is 39.0 Å². The molecule has 1 aliphatic carbocycles. The van der Waals surface area contributed by atoms with Crippen molar-refractivity contribution >= 4 is 28.6 Å². The fraction of sp³-hybridized carbons (Fsp3) is 0.294. The zero-order valence-corrected chi connectivity index (χ0v) is 24.6. The second-order valence-electron chi connectivity index (χ2n) is 11.8. The Labute approximate surface area is 262 Å². The number of carbonyl (C=O) groups excluding carboxylic acids is 3. The lowest BCUT2D eigenvalue weighted by Crippen LogP contribution is -2.46. The predicted molar refractivity (Wildman–Crippen MR) is 161 cm³/mol. The van der Waals surface area contributed by atoms with Crippen molar-refractivity contribution in [3.8, 4) is 17.0 Å². The summed E-state index contributed by atoms with van der Waals surface area (Å²) in [5.74, 6) is -3.36. The van der Waals surface area contributed by atoms with E-state index in [4.69, 9.17) is 9.72 Å². The molecule has 2 heterocycles. The Balaban J connectivity index is 1.15. The molecule has 3 atom stereocenters. The molecule has 3 unspecified atom stereocenters. The number of ether oxygens (including phenoxy) is 1. The van der Waals surface area contributed by atoms with Crippen LogP contribution in [0.15, 0.2) is 84.9 Å². The fourth-order valence-corrected chi connectivity index (χ4v) is 6.23. The third-order valence-corrected chi connectivity index (χ3v) is 8.70. The van der Waals surface area contributed by atoms with Crippen LogP contribution >= 0.6 is 0 Å². The number of pyridine rings is 1. The minimum atomic E-state index is -5.02. The molecule has 3 N–H and O–H groups in total. The van der Waals surface area contributed by atoms with E-state index in [2.05, 4.69) is 0 Å². The maximum atomic E-state index is 13.7. The van der Waals surface area contributed by atoms with Crippen molar-refractivity contribution in [1.82, 2.24) is 20.7 Å². The number of nitrogens with zero attached hydrogens (tertiary/aromatic N) is 2. The second kappa shape index (κ2) is 12.4. The van der Waals surface area contributed by atoms with Gasteiger partial charge in [-0.15, -0.1) is 0 Å². The predicted octanol–water partition coefficient (Wildman–Crippen LogP) is 4.81. The zero-order chi connectivity index (χ0) is 32.5. The monoisotopic (exact) mass is 632 g/mol. The minimum Gasteiger partial charge on any atom is -0.489 e. The molecule has 0 radical (unpaired) electrons. The van der Waals surface area contributed by atoms with E-state index in [1.807, 2.05) is 66.0 Å². The molecule has 6 rings (SSSR count). The molecule has 1 saturated heterocycles. The number of alkyl halides is 3. The van der Waals surface area contributed by atoms with Crippen LogP contribution in [0.4, 0.5) is 13.2 Å². The van der Waals surface area contributed by atoms with Gasteiger partial charge in [0.2, 0.25) is 11.8 Å². The van der Waals surface area contributed by atoms with Crippen molar-refractivity contribution < 1.29 is 37.5 Å². The highest BCUT2D eigenvalue weighted by Gasteiger charge is 2.64. The Morgan fingerprint density at radius 1 is 1.00 bits per heavy atom. The Bertz CT molecular complexity index is 1770. The summed E-state index contributed by atoms with van der Waals surface area (Å²) < 4.78 is 44.3. The van der Waals surface area contributed by atoms with Gasteiger partial charge in [-0.1, -0.05) is 60.7 Å². The van der Waals surface area contributed by atoms with Crippen molar-refractivity contribution in [2.24, 2.45) is 11.3 Å². The van der Waals surface area contributed by atoms with Crippen molar-refractivity contribution in [3.63, 3.8) is 0 Å². The van der Waals surface area contributed by atoms with Crippen LogP contribution in [-0.2, 0) is 27.4 Å². The van der Waals surface area contributed by atoms with Crippen molar-refractivity contribution in [1.29, 1.82) is 0 Å². The summed E-state index contributed by atoms with van der Waals surface area (Å²) in [5.41, 5.74) is 4.84. The molecule has 2 aliphatic rings. The van der Waals surface area contributed by atoms with Gasteiger partial charge in [0.25, 0.3) is 0 Å². The van der Waals surface area contributed by atoms with E-state index < -0.39 is 41.3 Å².